The largest absolute Gasteiger partial charge is 0.457 e. The number of rotatable bonds is 3. The van der Waals surface area contributed by atoms with Crippen molar-refractivity contribution in [3.63, 3.8) is 0 Å². The first-order valence-corrected chi connectivity index (χ1v) is 5.51. The number of hydrogen-bond acceptors (Lipinski definition) is 2. The standard InChI is InChI=1S/C13H10ClFN2O/c14-12-7-10(4-5-11(12)13(16)17)18-9-3-1-2-8(15)6-9/h1-7H,(H3,16,17). The number of nitrogens with two attached hydrogens (primary N) is 1. The van der Waals surface area contributed by atoms with Crippen LogP contribution in [0.5, 0.6) is 11.5 Å². The zero-order chi connectivity index (χ0) is 13.1. The summed E-state index contributed by atoms with van der Waals surface area (Å²) < 4.78 is 18.4. The molecule has 0 aliphatic heterocycles. The molecule has 0 unspecified atom stereocenters. The van der Waals surface area contributed by atoms with Crippen molar-refractivity contribution in [3.8, 4) is 11.5 Å². The van der Waals surface area contributed by atoms with Crippen molar-refractivity contribution in [1.82, 2.24) is 0 Å². The molecule has 0 heterocycles. The Hall–Kier alpha value is -2.07. The van der Waals surface area contributed by atoms with Crippen molar-refractivity contribution < 1.29 is 9.13 Å². The Morgan fingerprint density at radius 1 is 1.17 bits per heavy atom. The number of nitrogens with one attached hydrogen (secondary N) is 1. The van der Waals surface area contributed by atoms with E-state index in [0.717, 1.165) is 0 Å². The fourth-order valence-electron chi connectivity index (χ4n) is 1.44. The number of ether oxygens (including phenoxy) is 1. The van der Waals surface area contributed by atoms with Gasteiger partial charge in [-0.3, -0.25) is 5.41 Å². The van der Waals surface area contributed by atoms with Gasteiger partial charge in [-0.15, -0.1) is 0 Å². The zero-order valence-electron chi connectivity index (χ0n) is 9.28. The molecule has 2 rings (SSSR count). The van der Waals surface area contributed by atoms with Gasteiger partial charge >= 0.3 is 0 Å². The smallest absolute Gasteiger partial charge is 0.130 e. The molecule has 0 saturated heterocycles. The van der Waals surface area contributed by atoms with Crippen LogP contribution in [-0.2, 0) is 0 Å². The van der Waals surface area contributed by atoms with E-state index in [-0.39, 0.29) is 11.7 Å². The molecule has 0 bridgehead atoms. The summed E-state index contributed by atoms with van der Waals surface area (Å²) in [6.45, 7) is 0. The van der Waals surface area contributed by atoms with E-state index in [9.17, 15) is 4.39 Å². The molecule has 0 fully saturated rings. The number of hydrogen-bond donors (Lipinski definition) is 2. The predicted octanol–water partition coefficient (Wildman–Crippen LogP) is 3.56. The molecule has 0 atom stereocenters. The van der Waals surface area contributed by atoms with Crippen molar-refractivity contribution in [2.45, 2.75) is 0 Å². The van der Waals surface area contributed by atoms with E-state index in [1.54, 1.807) is 24.3 Å². The minimum Gasteiger partial charge on any atom is -0.457 e. The Balaban J connectivity index is 2.25. The van der Waals surface area contributed by atoms with Crippen molar-refractivity contribution in [2.24, 2.45) is 5.73 Å². The molecule has 0 saturated carbocycles. The van der Waals surface area contributed by atoms with E-state index in [1.807, 2.05) is 0 Å². The summed E-state index contributed by atoms with van der Waals surface area (Å²) in [6.07, 6.45) is 0. The van der Waals surface area contributed by atoms with Crippen molar-refractivity contribution in [3.05, 3.63) is 58.9 Å². The molecule has 3 nitrogen and oxygen atoms in total. The maximum absolute atomic E-state index is 13.0. The first kappa shape index (κ1) is 12.4. The maximum Gasteiger partial charge on any atom is 0.130 e. The van der Waals surface area contributed by atoms with Crippen LogP contribution in [0.3, 0.4) is 0 Å². The van der Waals surface area contributed by atoms with Gasteiger partial charge < -0.3 is 10.5 Å². The van der Waals surface area contributed by atoms with Crippen LogP contribution in [0.15, 0.2) is 42.5 Å². The Morgan fingerprint density at radius 3 is 2.50 bits per heavy atom. The highest BCUT2D eigenvalue weighted by Gasteiger charge is 2.06. The molecule has 2 aromatic rings. The number of nitrogen functional groups attached to an aromatic ring is 1. The summed E-state index contributed by atoms with van der Waals surface area (Å²) in [6, 6.07) is 10.5. The summed E-state index contributed by atoms with van der Waals surface area (Å²) in [5.74, 6) is 0.341. The number of amidine groups is 1. The number of halogens is 2. The topological polar surface area (TPSA) is 59.1 Å². The zero-order valence-corrected chi connectivity index (χ0v) is 10.0. The molecule has 3 N–H and O–H groups in total. The average molecular weight is 265 g/mol. The van der Waals surface area contributed by atoms with Gasteiger partial charge in [0, 0.05) is 17.7 Å². The van der Waals surface area contributed by atoms with Crippen LogP contribution in [-0.4, -0.2) is 5.84 Å². The molecule has 2 aromatic carbocycles. The summed E-state index contributed by atoms with van der Waals surface area (Å²) in [5, 5.41) is 7.62. The van der Waals surface area contributed by atoms with Gasteiger partial charge in [0.25, 0.3) is 0 Å². The van der Waals surface area contributed by atoms with Gasteiger partial charge in [-0.25, -0.2) is 4.39 Å². The van der Waals surface area contributed by atoms with Crippen LogP contribution in [0.4, 0.5) is 4.39 Å². The molecule has 0 spiro atoms. The highest BCUT2D eigenvalue weighted by atomic mass is 35.5. The third kappa shape index (κ3) is 2.78. The Kier molecular flexibility index (Phi) is 3.48. The van der Waals surface area contributed by atoms with E-state index in [0.29, 0.717) is 22.1 Å². The molecule has 0 aromatic heterocycles. The Morgan fingerprint density at radius 2 is 1.89 bits per heavy atom. The van der Waals surface area contributed by atoms with Crippen LogP contribution in [0.25, 0.3) is 0 Å². The Bertz CT molecular complexity index is 601. The number of benzene rings is 2. The summed E-state index contributed by atoms with van der Waals surface area (Å²) >= 11 is 5.95. The molecule has 5 heteroatoms. The highest BCUT2D eigenvalue weighted by molar-refractivity contribution is 6.34. The van der Waals surface area contributed by atoms with Crippen molar-refractivity contribution >= 4 is 17.4 Å². The third-order valence-corrected chi connectivity index (χ3v) is 2.58. The second-order valence-electron chi connectivity index (χ2n) is 3.61. The van der Waals surface area contributed by atoms with Gasteiger partial charge in [0.2, 0.25) is 0 Å². The maximum atomic E-state index is 13.0. The Labute approximate surface area is 108 Å². The van der Waals surface area contributed by atoms with E-state index in [4.69, 9.17) is 27.5 Å². The van der Waals surface area contributed by atoms with Crippen LogP contribution < -0.4 is 10.5 Å². The summed E-state index contributed by atoms with van der Waals surface area (Å²) in [5.41, 5.74) is 5.78. The minimum absolute atomic E-state index is 0.114. The molecule has 0 radical (unpaired) electrons. The molecular formula is C13H10ClFN2O. The van der Waals surface area contributed by atoms with E-state index < -0.39 is 0 Å². The van der Waals surface area contributed by atoms with Crippen molar-refractivity contribution in [2.75, 3.05) is 0 Å². The predicted molar refractivity (Wildman–Crippen MR) is 68.9 cm³/mol. The summed E-state index contributed by atoms with van der Waals surface area (Å²) in [4.78, 5) is 0. The first-order valence-electron chi connectivity index (χ1n) is 5.13. The molecule has 0 amide bonds. The fraction of sp³-hybridized carbons (Fsp3) is 0. The van der Waals surface area contributed by atoms with Gasteiger partial charge in [0.05, 0.1) is 5.02 Å². The van der Waals surface area contributed by atoms with Gasteiger partial charge in [0.1, 0.15) is 23.2 Å². The van der Waals surface area contributed by atoms with Gasteiger partial charge in [-0.05, 0) is 24.3 Å². The second-order valence-corrected chi connectivity index (χ2v) is 4.02. The second kappa shape index (κ2) is 5.06. The first-order chi connectivity index (χ1) is 8.56. The monoisotopic (exact) mass is 264 g/mol. The lowest BCUT2D eigenvalue weighted by Crippen LogP contribution is -2.11. The van der Waals surface area contributed by atoms with Gasteiger partial charge in [-0.1, -0.05) is 17.7 Å². The SMILES string of the molecule is N=C(N)c1ccc(Oc2cccc(F)c2)cc1Cl. The van der Waals surface area contributed by atoms with Crippen LogP contribution in [0.1, 0.15) is 5.56 Å². The lowest BCUT2D eigenvalue weighted by atomic mass is 10.2. The fourth-order valence-corrected chi connectivity index (χ4v) is 1.72. The molecule has 18 heavy (non-hydrogen) atoms. The van der Waals surface area contributed by atoms with Crippen LogP contribution in [0, 0.1) is 11.2 Å². The molecule has 92 valence electrons. The highest BCUT2D eigenvalue weighted by Crippen LogP contribution is 2.26. The molecule has 0 aliphatic rings. The molecule has 0 aliphatic carbocycles. The third-order valence-electron chi connectivity index (χ3n) is 2.26. The lowest BCUT2D eigenvalue weighted by molar-refractivity contribution is 0.477. The lowest BCUT2D eigenvalue weighted by Gasteiger charge is -2.08. The van der Waals surface area contributed by atoms with E-state index in [2.05, 4.69) is 0 Å². The minimum atomic E-state index is -0.376. The van der Waals surface area contributed by atoms with Gasteiger partial charge in [-0.2, -0.15) is 0 Å². The quantitative estimate of drug-likeness (QED) is 0.658. The van der Waals surface area contributed by atoms with Crippen LogP contribution in [0.2, 0.25) is 5.02 Å². The normalized spacial score (nSPS) is 10.1. The van der Waals surface area contributed by atoms with E-state index >= 15 is 0 Å². The van der Waals surface area contributed by atoms with Crippen LogP contribution >= 0.6 is 11.6 Å². The van der Waals surface area contributed by atoms with Crippen molar-refractivity contribution in [1.29, 1.82) is 5.41 Å². The van der Waals surface area contributed by atoms with E-state index in [1.165, 1.54) is 18.2 Å². The molecular weight excluding hydrogens is 255 g/mol. The van der Waals surface area contributed by atoms with Gasteiger partial charge in [0.15, 0.2) is 0 Å². The average Bonchev–Trinajstić information content (AvgIpc) is 2.28. The summed E-state index contributed by atoms with van der Waals surface area (Å²) in [7, 11) is 0.